The molecule has 1 amide bonds. The van der Waals surface area contributed by atoms with Gasteiger partial charge in [0, 0.05) is 0 Å². The minimum atomic E-state index is -0.662. The van der Waals surface area contributed by atoms with Gasteiger partial charge < -0.3 is 15.8 Å². The summed E-state index contributed by atoms with van der Waals surface area (Å²) in [7, 11) is 1.75. The van der Waals surface area contributed by atoms with Gasteiger partial charge in [-0.3, -0.25) is 4.79 Å². The Kier molecular flexibility index (Phi) is 6.02. The molecule has 1 rings (SSSR count). The largest absolute Gasteiger partial charge is 0.494 e. The van der Waals surface area contributed by atoms with E-state index in [1.165, 1.54) is 5.56 Å². The number of carbonyl (C=O) groups excluding carboxylic acids is 1. The van der Waals surface area contributed by atoms with Crippen LogP contribution in [-0.4, -0.2) is 25.1 Å². The van der Waals surface area contributed by atoms with Gasteiger partial charge >= 0.3 is 0 Å². The quantitative estimate of drug-likeness (QED) is 0.718. The topological polar surface area (TPSA) is 64.3 Å². The number of nitrogens with one attached hydrogen (secondary N) is 1. The van der Waals surface area contributed by atoms with Gasteiger partial charge in [0.2, 0.25) is 5.91 Å². The van der Waals surface area contributed by atoms with Crippen LogP contribution in [0.4, 0.5) is 0 Å². The van der Waals surface area contributed by atoms with Crippen LogP contribution in [0.2, 0.25) is 0 Å². The second-order valence-corrected chi connectivity index (χ2v) is 5.62. The Hall–Kier alpha value is -1.55. The molecule has 1 atom stereocenters. The van der Waals surface area contributed by atoms with Crippen LogP contribution in [0, 0.1) is 0 Å². The van der Waals surface area contributed by atoms with E-state index in [4.69, 9.17) is 10.5 Å². The number of hydrogen-bond acceptors (Lipinski definition) is 3. The Morgan fingerprint density at radius 3 is 2.40 bits per heavy atom. The number of carbonyl (C=O) groups is 1. The van der Waals surface area contributed by atoms with Crippen LogP contribution < -0.4 is 15.8 Å². The molecule has 0 bridgehead atoms. The third-order valence-corrected chi connectivity index (χ3v) is 3.73. The average Bonchev–Trinajstić information content (AvgIpc) is 2.43. The standard InChI is InChI=1S/C16H26N2O2/c1-12(2)13-6-8-14(9-7-13)20-11-5-10-16(3,18-4)15(17)19/h6-9,12,18H,5,10-11H2,1-4H3,(H2,17,19). The highest BCUT2D eigenvalue weighted by atomic mass is 16.5. The van der Waals surface area contributed by atoms with Crippen molar-refractivity contribution in [3.05, 3.63) is 29.8 Å². The summed E-state index contributed by atoms with van der Waals surface area (Å²) in [5.74, 6) is 1.05. The molecule has 0 heterocycles. The van der Waals surface area contributed by atoms with Gasteiger partial charge in [-0.2, -0.15) is 0 Å². The summed E-state index contributed by atoms with van der Waals surface area (Å²) < 4.78 is 5.68. The Morgan fingerprint density at radius 1 is 1.35 bits per heavy atom. The van der Waals surface area contributed by atoms with Crippen molar-refractivity contribution in [3.63, 3.8) is 0 Å². The maximum atomic E-state index is 11.3. The molecule has 0 saturated carbocycles. The molecule has 1 aromatic rings. The van der Waals surface area contributed by atoms with E-state index < -0.39 is 5.54 Å². The van der Waals surface area contributed by atoms with Crippen molar-refractivity contribution in [3.8, 4) is 5.75 Å². The molecule has 1 aromatic carbocycles. The molecule has 1 unspecified atom stereocenters. The monoisotopic (exact) mass is 278 g/mol. The maximum absolute atomic E-state index is 11.3. The van der Waals surface area contributed by atoms with E-state index in [1.54, 1.807) is 7.05 Å². The molecule has 0 radical (unpaired) electrons. The SMILES string of the molecule is CNC(C)(CCCOc1ccc(C(C)C)cc1)C(N)=O. The van der Waals surface area contributed by atoms with E-state index in [0.717, 1.165) is 12.2 Å². The Morgan fingerprint density at radius 2 is 1.95 bits per heavy atom. The van der Waals surface area contributed by atoms with E-state index in [-0.39, 0.29) is 5.91 Å². The Bertz CT molecular complexity index is 429. The van der Waals surface area contributed by atoms with E-state index in [1.807, 2.05) is 19.1 Å². The molecule has 0 saturated heterocycles. The predicted molar refractivity (Wildman–Crippen MR) is 81.9 cm³/mol. The zero-order valence-electron chi connectivity index (χ0n) is 12.9. The number of amides is 1. The molecule has 4 nitrogen and oxygen atoms in total. The normalized spacial score (nSPS) is 14.1. The first-order valence-corrected chi connectivity index (χ1v) is 7.10. The molecule has 0 aliphatic rings. The number of ether oxygens (including phenoxy) is 1. The summed E-state index contributed by atoms with van der Waals surface area (Å²) in [6.07, 6.45) is 1.43. The smallest absolute Gasteiger partial charge is 0.237 e. The highest BCUT2D eigenvalue weighted by Crippen LogP contribution is 2.19. The highest BCUT2D eigenvalue weighted by Gasteiger charge is 2.28. The summed E-state index contributed by atoms with van der Waals surface area (Å²) >= 11 is 0. The third-order valence-electron chi connectivity index (χ3n) is 3.73. The number of rotatable bonds is 8. The van der Waals surface area contributed by atoms with Crippen LogP contribution in [0.5, 0.6) is 5.75 Å². The Balaban J connectivity index is 2.39. The van der Waals surface area contributed by atoms with Gasteiger partial charge in [-0.15, -0.1) is 0 Å². The number of hydrogen-bond donors (Lipinski definition) is 2. The second kappa shape index (κ2) is 7.29. The zero-order valence-corrected chi connectivity index (χ0v) is 12.9. The van der Waals surface area contributed by atoms with E-state index >= 15 is 0 Å². The van der Waals surface area contributed by atoms with Gasteiger partial charge in [0.15, 0.2) is 0 Å². The van der Waals surface area contributed by atoms with Crippen LogP contribution in [0.3, 0.4) is 0 Å². The van der Waals surface area contributed by atoms with E-state index in [0.29, 0.717) is 18.9 Å². The molecule has 4 heteroatoms. The summed E-state index contributed by atoms with van der Waals surface area (Å²) in [5, 5.41) is 2.97. The fourth-order valence-corrected chi connectivity index (χ4v) is 1.94. The van der Waals surface area contributed by atoms with Crippen molar-refractivity contribution >= 4 is 5.91 Å². The van der Waals surface area contributed by atoms with Crippen molar-refractivity contribution in [2.24, 2.45) is 5.73 Å². The van der Waals surface area contributed by atoms with Crippen LogP contribution >= 0.6 is 0 Å². The zero-order chi connectivity index (χ0) is 15.2. The molecular formula is C16H26N2O2. The first kappa shape index (κ1) is 16.5. The average molecular weight is 278 g/mol. The highest BCUT2D eigenvalue weighted by molar-refractivity contribution is 5.84. The van der Waals surface area contributed by atoms with Gasteiger partial charge in [-0.25, -0.2) is 0 Å². The van der Waals surface area contributed by atoms with Gasteiger partial charge in [0.05, 0.1) is 12.1 Å². The lowest BCUT2D eigenvalue weighted by Gasteiger charge is -2.25. The lowest BCUT2D eigenvalue weighted by atomic mass is 9.95. The van der Waals surface area contributed by atoms with Crippen LogP contribution in [0.25, 0.3) is 0 Å². The summed E-state index contributed by atoms with van der Waals surface area (Å²) in [6, 6.07) is 8.14. The minimum Gasteiger partial charge on any atom is -0.494 e. The Labute approximate surface area is 121 Å². The van der Waals surface area contributed by atoms with Crippen molar-refractivity contribution in [2.75, 3.05) is 13.7 Å². The molecule has 0 aliphatic heterocycles. The van der Waals surface area contributed by atoms with Gasteiger partial charge in [-0.05, 0) is 50.4 Å². The molecular weight excluding hydrogens is 252 g/mol. The van der Waals surface area contributed by atoms with Crippen molar-refractivity contribution in [2.45, 2.75) is 45.1 Å². The number of nitrogens with two attached hydrogens (primary N) is 1. The summed E-state index contributed by atoms with van der Waals surface area (Å²) in [6.45, 7) is 6.72. The van der Waals surface area contributed by atoms with E-state index in [9.17, 15) is 4.79 Å². The fraction of sp³-hybridized carbons (Fsp3) is 0.562. The lowest BCUT2D eigenvalue weighted by Crippen LogP contribution is -2.51. The molecule has 0 spiro atoms. The first-order chi connectivity index (χ1) is 9.39. The van der Waals surface area contributed by atoms with Gasteiger partial charge in [0.25, 0.3) is 0 Å². The number of likely N-dealkylation sites (N-methyl/N-ethyl adjacent to an activating group) is 1. The number of benzene rings is 1. The first-order valence-electron chi connectivity index (χ1n) is 7.10. The second-order valence-electron chi connectivity index (χ2n) is 5.62. The van der Waals surface area contributed by atoms with Crippen molar-refractivity contribution < 1.29 is 9.53 Å². The molecule has 0 fully saturated rings. The molecule has 3 N–H and O–H groups in total. The van der Waals surface area contributed by atoms with Gasteiger partial charge in [0.1, 0.15) is 5.75 Å². The van der Waals surface area contributed by atoms with Crippen LogP contribution in [-0.2, 0) is 4.79 Å². The van der Waals surface area contributed by atoms with Crippen molar-refractivity contribution in [1.82, 2.24) is 5.32 Å². The molecule has 0 aromatic heterocycles. The predicted octanol–water partition coefficient (Wildman–Crippen LogP) is 2.43. The molecule has 112 valence electrons. The van der Waals surface area contributed by atoms with E-state index in [2.05, 4.69) is 31.3 Å². The molecule has 20 heavy (non-hydrogen) atoms. The lowest BCUT2D eigenvalue weighted by molar-refractivity contribution is -0.123. The van der Waals surface area contributed by atoms with Gasteiger partial charge in [-0.1, -0.05) is 26.0 Å². The fourth-order valence-electron chi connectivity index (χ4n) is 1.94. The van der Waals surface area contributed by atoms with Crippen molar-refractivity contribution in [1.29, 1.82) is 0 Å². The third kappa shape index (κ3) is 4.53. The van der Waals surface area contributed by atoms with Crippen LogP contribution in [0.1, 0.15) is 45.1 Å². The van der Waals surface area contributed by atoms with Crippen LogP contribution in [0.15, 0.2) is 24.3 Å². The minimum absolute atomic E-state index is 0.332. The summed E-state index contributed by atoms with van der Waals surface area (Å²) in [4.78, 5) is 11.3. The molecule has 0 aliphatic carbocycles. The summed E-state index contributed by atoms with van der Waals surface area (Å²) in [5.41, 5.74) is 6.02. The maximum Gasteiger partial charge on any atom is 0.237 e. The number of primary amides is 1.